The monoisotopic (exact) mass is 466 g/mol. The molecule has 2 rings (SSSR count). The fourth-order valence-corrected chi connectivity index (χ4v) is 2.41. The average molecular weight is 466 g/mol. The summed E-state index contributed by atoms with van der Waals surface area (Å²) in [6.45, 7) is 7.82. The first-order valence-electron chi connectivity index (χ1n) is 8.39. The van der Waals surface area contributed by atoms with E-state index >= 15 is 0 Å². The molecule has 1 fully saturated rings. The summed E-state index contributed by atoms with van der Waals surface area (Å²) < 4.78 is 23.8. The summed E-state index contributed by atoms with van der Waals surface area (Å²) in [7, 11) is 0. The molecule has 0 amide bonds. The van der Waals surface area contributed by atoms with Gasteiger partial charge in [0.15, 0.2) is 5.96 Å². The standard InChI is InChI=1S/C17H27FN4O2.HI/c1-14(24-16-5-3-15(18)4-6-16)13-21-17(19)20-7-2-8-22-9-11-23-12-10-22;/h3-6,14H,2,7-13H2,1H3,(H3,19,20,21);1H. The summed E-state index contributed by atoms with van der Waals surface area (Å²) in [5, 5.41) is 3.11. The van der Waals surface area contributed by atoms with Crippen molar-refractivity contribution >= 4 is 29.9 Å². The highest BCUT2D eigenvalue weighted by molar-refractivity contribution is 14.0. The maximum Gasteiger partial charge on any atom is 0.188 e. The Morgan fingerprint density at radius 3 is 2.72 bits per heavy atom. The second kappa shape index (κ2) is 12.3. The van der Waals surface area contributed by atoms with Crippen LogP contribution in [-0.2, 0) is 4.74 Å². The molecule has 0 spiro atoms. The van der Waals surface area contributed by atoms with E-state index in [0.29, 0.717) is 18.3 Å². The minimum absolute atomic E-state index is 0. The first-order chi connectivity index (χ1) is 11.6. The van der Waals surface area contributed by atoms with Gasteiger partial charge in [0, 0.05) is 19.6 Å². The van der Waals surface area contributed by atoms with E-state index in [4.69, 9.17) is 15.2 Å². The quantitative estimate of drug-likeness (QED) is 0.265. The van der Waals surface area contributed by atoms with Gasteiger partial charge in [0.2, 0.25) is 0 Å². The highest BCUT2D eigenvalue weighted by atomic mass is 127. The molecule has 0 radical (unpaired) electrons. The second-order valence-electron chi connectivity index (χ2n) is 5.84. The summed E-state index contributed by atoms with van der Waals surface area (Å²) in [5.41, 5.74) is 5.85. The van der Waals surface area contributed by atoms with Gasteiger partial charge in [0.25, 0.3) is 0 Å². The number of hydrogen-bond donors (Lipinski definition) is 2. The van der Waals surface area contributed by atoms with Crippen LogP contribution in [0, 0.1) is 5.82 Å². The lowest BCUT2D eigenvalue weighted by Crippen LogP contribution is -2.39. The second-order valence-corrected chi connectivity index (χ2v) is 5.84. The molecule has 1 heterocycles. The molecule has 3 N–H and O–H groups in total. The molecule has 1 atom stereocenters. The van der Waals surface area contributed by atoms with E-state index in [9.17, 15) is 4.39 Å². The largest absolute Gasteiger partial charge is 0.489 e. The van der Waals surface area contributed by atoms with Crippen LogP contribution in [0.5, 0.6) is 5.75 Å². The molecule has 25 heavy (non-hydrogen) atoms. The normalized spacial score (nSPS) is 16.8. The topological polar surface area (TPSA) is 72.1 Å². The van der Waals surface area contributed by atoms with Crippen molar-refractivity contribution in [3.05, 3.63) is 30.1 Å². The van der Waals surface area contributed by atoms with E-state index in [-0.39, 0.29) is 35.9 Å². The summed E-state index contributed by atoms with van der Waals surface area (Å²) >= 11 is 0. The summed E-state index contributed by atoms with van der Waals surface area (Å²) in [5.74, 6) is 0.765. The molecular weight excluding hydrogens is 438 g/mol. The maximum atomic E-state index is 12.8. The van der Waals surface area contributed by atoms with Gasteiger partial charge in [-0.1, -0.05) is 0 Å². The lowest BCUT2D eigenvalue weighted by Gasteiger charge is -2.26. The Morgan fingerprint density at radius 2 is 2.04 bits per heavy atom. The lowest BCUT2D eigenvalue weighted by atomic mass is 10.3. The van der Waals surface area contributed by atoms with Crippen molar-refractivity contribution in [2.24, 2.45) is 10.7 Å². The predicted molar refractivity (Wildman–Crippen MR) is 108 cm³/mol. The Hall–Kier alpha value is -1.13. The lowest BCUT2D eigenvalue weighted by molar-refractivity contribution is 0.0376. The van der Waals surface area contributed by atoms with E-state index in [2.05, 4.69) is 15.2 Å². The number of morpholine rings is 1. The molecule has 0 aliphatic carbocycles. The molecule has 0 bridgehead atoms. The van der Waals surface area contributed by atoms with Crippen molar-refractivity contribution in [1.82, 2.24) is 10.2 Å². The van der Waals surface area contributed by atoms with Crippen LogP contribution in [0.3, 0.4) is 0 Å². The number of nitrogens with one attached hydrogen (secondary N) is 1. The van der Waals surface area contributed by atoms with Crippen LogP contribution in [0.15, 0.2) is 29.3 Å². The van der Waals surface area contributed by atoms with Crippen LogP contribution in [0.2, 0.25) is 0 Å². The zero-order valence-electron chi connectivity index (χ0n) is 14.6. The van der Waals surface area contributed by atoms with Gasteiger partial charge in [-0.3, -0.25) is 4.90 Å². The maximum absolute atomic E-state index is 12.8. The number of benzene rings is 1. The van der Waals surface area contributed by atoms with E-state index in [1.165, 1.54) is 12.1 Å². The van der Waals surface area contributed by atoms with Crippen LogP contribution in [0.4, 0.5) is 4.39 Å². The molecule has 8 heteroatoms. The highest BCUT2D eigenvalue weighted by Crippen LogP contribution is 2.12. The number of hydrogen-bond acceptors (Lipinski definition) is 4. The number of rotatable bonds is 8. The van der Waals surface area contributed by atoms with E-state index < -0.39 is 0 Å². The smallest absolute Gasteiger partial charge is 0.188 e. The third-order valence-corrected chi connectivity index (χ3v) is 3.73. The molecule has 1 aromatic carbocycles. The van der Waals surface area contributed by atoms with E-state index in [1.54, 1.807) is 12.1 Å². The molecule has 1 aromatic rings. The minimum atomic E-state index is -0.279. The van der Waals surface area contributed by atoms with E-state index in [1.807, 2.05) is 6.92 Å². The van der Waals surface area contributed by atoms with Crippen LogP contribution < -0.4 is 15.8 Å². The molecule has 1 saturated heterocycles. The van der Waals surface area contributed by atoms with Crippen molar-refractivity contribution < 1.29 is 13.9 Å². The Morgan fingerprint density at radius 1 is 1.36 bits per heavy atom. The molecule has 1 unspecified atom stereocenters. The van der Waals surface area contributed by atoms with Gasteiger partial charge < -0.3 is 20.5 Å². The first kappa shape index (κ1) is 21.9. The predicted octanol–water partition coefficient (Wildman–Crippen LogP) is 1.84. The van der Waals surface area contributed by atoms with Gasteiger partial charge in [-0.15, -0.1) is 24.0 Å². The zero-order chi connectivity index (χ0) is 17.2. The molecule has 0 aromatic heterocycles. The summed E-state index contributed by atoms with van der Waals surface area (Å²) in [4.78, 5) is 6.66. The van der Waals surface area contributed by atoms with E-state index in [0.717, 1.165) is 45.8 Å². The van der Waals surface area contributed by atoms with Crippen molar-refractivity contribution in [3.8, 4) is 5.75 Å². The van der Waals surface area contributed by atoms with Crippen molar-refractivity contribution in [2.75, 3.05) is 45.9 Å². The highest BCUT2D eigenvalue weighted by Gasteiger charge is 2.09. The summed E-state index contributed by atoms with van der Waals surface area (Å²) in [6.07, 6.45) is 0.877. The number of aliphatic imine (C=N–C) groups is 1. The Bertz CT molecular complexity index is 510. The van der Waals surface area contributed by atoms with Crippen molar-refractivity contribution in [3.63, 3.8) is 0 Å². The first-order valence-corrected chi connectivity index (χ1v) is 8.39. The molecule has 1 aliphatic rings. The van der Waals surface area contributed by atoms with Gasteiger partial charge in [-0.25, -0.2) is 9.38 Å². The van der Waals surface area contributed by atoms with Gasteiger partial charge >= 0.3 is 0 Å². The molecule has 6 nitrogen and oxygen atoms in total. The fraction of sp³-hybridized carbons (Fsp3) is 0.588. The Balaban J connectivity index is 0.00000312. The molecule has 142 valence electrons. The van der Waals surface area contributed by atoms with Crippen LogP contribution in [-0.4, -0.2) is 62.9 Å². The fourth-order valence-electron chi connectivity index (χ4n) is 2.41. The number of nitrogens with zero attached hydrogens (tertiary/aromatic N) is 2. The van der Waals surface area contributed by atoms with Crippen LogP contribution in [0.1, 0.15) is 13.3 Å². The summed E-state index contributed by atoms with van der Waals surface area (Å²) in [6, 6.07) is 5.94. The van der Waals surface area contributed by atoms with Gasteiger partial charge in [-0.05, 0) is 44.2 Å². The van der Waals surface area contributed by atoms with Gasteiger partial charge in [-0.2, -0.15) is 0 Å². The van der Waals surface area contributed by atoms with Gasteiger partial charge in [0.05, 0.1) is 19.8 Å². The molecular formula is C17H28FIN4O2. The molecule has 0 saturated carbocycles. The number of nitrogens with two attached hydrogens (primary N) is 1. The number of halogens is 2. The van der Waals surface area contributed by atoms with Crippen molar-refractivity contribution in [2.45, 2.75) is 19.4 Å². The zero-order valence-corrected chi connectivity index (χ0v) is 16.9. The number of guanidine groups is 1. The van der Waals surface area contributed by atoms with Crippen LogP contribution >= 0.6 is 24.0 Å². The van der Waals surface area contributed by atoms with Crippen molar-refractivity contribution in [1.29, 1.82) is 0 Å². The van der Waals surface area contributed by atoms with Gasteiger partial charge in [0.1, 0.15) is 17.7 Å². The van der Waals surface area contributed by atoms with Crippen LogP contribution in [0.25, 0.3) is 0 Å². The molecule has 1 aliphatic heterocycles. The minimum Gasteiger partial charge on any atom is -0.489 e. The third-order valence-electron chi connectivity index (χ3n) is 3.73. The Kier molecular flexibility index (Phi) is 10.7. The Labute approximate surface area is 166 Å². The third kappa shape index (κ3) is 9.22. The average Bonchev–Trinajstić information content (AvgIpc) is 2.60. The SMILES string of the molecule is CC(CN=C(N)NCCCN1CCOCC1)Oc1ccc(F)cc1.I. The number of ether oxygens (including phenoxy) is 2.